The number of aromatic nitrogens is 4. The highest BCUT2D eigenvalue weighted by Gasteiger charge is 2.24. The molecule has 0 fully saturated rings. The molecule has 150 valence electrons. The van der Waals surface area contributed by atoms with Crippen LogP contribution in [0.25, 0.3) is 5.78 Å². The van der Waals surface area contributed by atoms with E-state index in [-0.39, 0.29) is 12.0 Å². The standard InChI is InChI=1S/C20H27N5O2S/c1-12-8-16(20(5,6)7)9-13(2)18(12)28(26,27)21-11-17-23-24-19-22-14(3)10-15(4)25(17)19/h8-10,21H,11H2,1-7H3. The fourth-order valence-corrected chi connectivity index (χ4v) is 4.88. The molecular weight excluding hydrogens is 374 g/mol. The van der Waals surface area contributed by atoms with Crippen LogP contribution in [-0.4, -0.2) is 28.0 Å². The van der Waals surface area contributed by atoms with Crippen LogP contribution in [0.1, 0.15) is 54.7 Å². The molecular formula is C20H27N5O2S. The predicted molar refractivity (Wildman–Crippen MR) is 109 cm³/mol. The minimum atomic E-state index is -3.70. The van der Waals surface area contributed by atoms with Crippen molar-refractivity contribution in [3.63, 3.8) is 0 Å². The van der Waals surface area contributed by atoms with Crippen LogP contribution >= 0.6 is 0 Å². The third-order valence-electron chi connectivity index (χ3n) is 4.78. The Morgan fingerprint density at radius 1 is 1.00 bits per heavy atom. The van der Waals surface area contributed by atoms with Gasteiger partial charge in [-0.1, -0.05) is 32.9 Å². The zero-order valence-electron chi connectivity index (χ0n) is 17.5. The van der Waals surface area contributed by atoms with E-state index in [2.05, 4.69) is 40.7 Å². The van der Waals surface area contributed by atoms with Crippen molar-refractivity contribution >= 4 is 15.8 Å². The number of fused-ring (bicyclic) bond motifs is 1. The number of rotatable bonds is 4. The van der Waals surface area contributed by atoms with Crippen molar-refractivity contribution in [3.05, 3.63) is 52.1 Å². The van der Waals surface area contributed by atoms with Crippen molar-refractivity contribution in [3.8, 4) is 0 Å². The Balaban J connectivity index is 1.94. The summed E-state index contributed by atoms with van der Waals surface area (Å²) in [5.41, 5.74) is 4.28. The van der Waals surface area contributed by atoms with E-state index in [4.69, 9.17) is 0 Å². The zero-order chi connectivity index (χ0) is 20.9. The lowest BCUT2D eigenvalue weighted by molar-refractivity contribution is 0.573. The third kappa shape index (κ3) is 3.79. The number of benzene rings is 1. The van der Waals surface area contributed by atoms with Gasteiger partial charge in [0.2, 0.25) is 10.0 Å². The van der Waals surface area contributed by atoms with Crippen molar-refractivity contribution in [2.75, 3.05) is 0 Å². The summed E-state index contributed by atoms with van der Waals surface area (Å²) in [6.07, 6.45) is 0. The third-order valence-corrected chi connectivity index (χ3v) is 6.48. The molecule has 28 heavy (non-hydrogen) atoms. The van der Waals surface area contributed by atoms with Gasteiger partial charge in [-0.2, -0.15) is 0 Å². The average molecular weight is 402 g/mol. The Hall–Kier alpha value is -2.32. The molecule has 0 saturated heterocycles. The SMILES string of the molecule is Cc1cc(C)n2c(CNS(=O)(=O)c3c(C)cc(C(C)(C)C)cc3C)nnc2n1. The number of hydrogen-bond acceptors (Lipinski definition) is 5. The van der Waals surface area contributed by atoms with Crippen molar-refractivity contribution in [1.29, 1.82) is 0 Å². The number of nitrogens with zero attached hydrogens (tertiary/aromatic N) is 4. The number of nitrogens with one attached hydrogen (secondary N) is 1. The molecule has 0 spiro atoms. The minimum Gasteiger partial charge on any atom is -0.266 e. The second-order valence-corrected chi connectivity index (χ2v) is 10.0. The summed E-state index contributed by atoms with van der Waals surface area (Å²) in [4.78, 5) is 4.65. The van der Waals surface area contributed by atoms with E-state index in [0.29, 0.717) is 16.5 Å². The van der Waals surface area contributed by atoms with Crippen LogP contribution in [0.2, 0.25) is 0 Å². The van der Waals surface area contributed by atoms with Crippen LogP contribution in [-0.2, 0) is 22.0 Å². The van der Waals surface area contributed by atoms with Crippen LogP contribution < -0.4 is 4.72 Å². The Bertz CT molecular complexity index is 1130. The van der Waals surface area contributed by atoms with Gasteiger partial charge >= 0.3 is 0 Å². The predicted octanol–water partition coefficient (Wildman–Crippen LogP) is 3.13. The molecule has 0 amide bonds. The molecule has 3 rings (SSSR count). The smallest absolute Gasteiger partial charge is 0.255 e. The van der Waals surface area contributed by atoms with Gasteiger partial charge in [0.25, 0.3) is 5.78 Å². The maximum atomic E-state index is 13.0. The van der Waals surface area contributed by atoms with Crippen molar-refractivity contribution in [1.82, 2.24) is 24.3 Å². The second-order valence-electron chi connectivity index (χ2n) is 8.30. The first kappa shape index (κ1) is 20.4. The van der Waals surface area contributed by atoms with Crippen molar-refractivity contribution in [2.24, 2.45) is 0 Å². The molecule has 0 unspecified atom stereocenters. The van der Waals surface area contributed by atoms with Gasteiger partial charge in [-0.15, -0.1) is 10.2 Å². The summed E-state index contributed by atoms with van der Waals surface area (Å²) in [5.74, 6) is 0.971. The molecule has 2 aromatic heterocycles. The highest BCUT2D eigenvalue weighted by Crippen LogP contribution is 2.29. The van der Waals surface area contributed by atoms with Crippen molar-refractivity contribution < 1.29 is 8.42 Å². The topological polar surface area (TPSA) is 89.2 Å². The van der Waals surface area contributed by atoms with E-state index in [1.54, 1.807) is 4.40 Å². The molecule has 0 bridgehead atoms. The summed E-state index contributed by atoms with van der Waals surface area (Å²) in [5, 5.41) is 8.16. The van der Waals surface area contributed by atoms with Gasteiger partial charge < -0.3 is 0 Å². The molecule has 3 aromatic rings. The largest absolute Gasteiger partial charge is 0.266 e. The maximum Gasteiger partial charge on any atom is 0.255 e. The van der Waals surface area contributed by atoms with Crippen LogP contribution in [0.4, 0.5) is 0 Å². The van der Waals surface area contributed by atoms with Gasteiger partial charge in [-0.25, -0.2) is 18.1 Å². The van der Waals surface area contributed by atoms with E-state index in [1.165, 1.54) is 0 Å². The first-order valence-electron chi connectivity index (χ1n) is 9.20. The van der Waals surface area contributed by atoms with E-state index in [0.717, 1.165) is 28.1 Å². The zero-order valence-corrected chi connectivity index (χ0v) is 18.3. The van der Waals surface area contributed by atoms with Gasteiger partial charge in [0, 0.05) is 11.4 Å². The molecule has 0 radical (unpaired) electrons. The van der Waals surface area contributed by atoms with Gasteiger partial charge in [0.05, 0.1) is 11.4 Å². The van der Waals surface area contributed by atoms with Crippen LogP contribution in [0.3, 0.4) is 0 Å². The van der Waals surface area contributed by atoms with Gasteiger partial charge in [0.15, 0.2) is 5.82 Å². The monoisotopic (exact) mass is 401 g/mol. The van der Waals surface area contributed by atoms with E-state index in [1.807, 2.05) is 45.9 Å². The lowest BCUT2D eigenvalue weighted by Crippen LogP contribution is -2.26. The molecule has 0 atom stereocenters. The first-order valence-corrected chi connectivity index (χ1v) is 10.7. The second kappa shape index (κ2) is 6.93. The first-order chi connectivity index (χ1) is 12.9. The lowest BCUT2D eigenvalue weighted by Gasteiger charge is -2.22. The van der Waals surface area contributed by atoms with Crippen LogP contribution in [0.15, 0.2) is 23.1 Å². The number of hydrogen-bond donors (Lipinski definition) is 1. The fourth-order valence-electron chi connectivity index (χ4n) is 3.45. The average Bonchev–Trinajstić information content (AvgIpc) is 2.94. The van der Waals surface area contributed by atoms with Gasteiger partial charge in [-0.05, 0) is 55.9 Å². The summed E-state index contributed by atoms with van der Waals surface area (Å²) < 4.78 is 30.5. The Morgan fingerprint density at radius 3 is 2.18 bits per heavy atom. The van der Waals surface area contributed by atoms with Crippen LogP contribution in [0.5, 0.6) is 0 Å². The molecule has 0 saturated carbocycles. The summed E-state index contributed by atoms with van der Waals surface area (Å²) in [6, 6.07) is 5.81. The molecule has 8 heteroatoms. The maximum absolute atomic E-state index is 13.0. The van der Waals surface area contributed by atoms with E-state index >= 15 is 0 Å². The molecule has 2 heterocycles. The molecule has 1 N–H and O–H groups in total. The molecule has 7 nitrogen and oxygen atoms in total. The fraction of sp³-hybridized carbons (Fsp3) is 0.450. The lowest BCUT2D eigenvalue weighted by atomic mass is 9.85. The van der Waals surface area contributed by atoms with Crippen LogP contribution in [0, 0.1) is 27.7 Å². The minimum absolute atomic E-state index is 0.0367. The highest BCUT2D eigenvalue weighted by molar-refractivity contribution is 7.89. The molecule has 0 aliphatic carbocycles. The van der Waals surface area contributed by atoms with Gasteiger partial charge in [-0.3, -0.25) is 4.40 Å². The molecule has 0 aliphatic rings. The van der Waals surface area contributed by atoms with Gasteiger partial charge in [0.1, 0.15) is 0 Å². The Kier molecular flexibility index (Phi) is 5.05. The van der Waals surface area contributed by atoms with Crippen molar-refractivity contribution in [2.45, 2.75) is 65.3 Å². The normalized spacial score (nSPS) is 12.7. The summed E-state index contributed by atoms with van der Waals surface area (Å²) in [7, 11) is -3.70. The quantitative estimate of drug-likeness (QED) is 0.725. The summed E-state index contributed by atoms with van der Waals surface area (Å²) in [6.45, 7) is 13.8. The Labute approximate surface area is 166 Å². The Morgan fingerprint density at radius 2 is 1.61 bits per heavy atom. The number of sulfonamides is 1. The van der Waals surface area contributed by atoms with E-state index < -0.39 is 10.0 Å². The molecule has 1 aromatic carbocycles. The number of aryl methyl sites for hydroxylation is 4. The highest BCUT2D eigenvalue weighted by atomic mass is 32.2. The molecule has 0 aliphatic heterocycles. The summed E-state index contributed by atoms with van der Waals surface area (Å²) >= 11 is 0. The van der Waals surface area contributed by atoms with E-state index in [9.17, 15) is 8.42 Å².